The van der Waals surface area contributed by atoms with Crippen LogP contribution in [0.5, 0.6) is 0 Å². The Morgan fingerprint density at radius 2 is 1.87 bits per heavy atom. The first-order valence-electron chi connectivity index (χ1n) is 7.87. The van der Waals surface area contributed by atoms with Gasteiger partial charge in [-0.2, -0.15) is 0 Å². The lowest BCUT2D eigenvalue weighted by atomic mass is 9.93. The van der Waals surface area contributed by atoms with Gasteiger partial charge in [0.1, 0.15) is 0 Å². The van der Waals surface area contributed by atoms with E-state index in [0.29, 0.717) is 0 Å². The molecule has 0 amide bonds. The van der Waals surface area contributed by atoms with Gasteiger partial charge < -0.3 is 0 Å². The van der Waals surface area contributed by atoms with E-state index in [1.165, 1.54) is 27.6 Å². The Labute approximate surface area is 136 Å². The fourth-order valence-corrected chi connectivity index (χ4v) is 3.02. The van der Waals surface area contributed by atoms with Crippen LogP contribution in [0.4, 0.5) is 0 Å². The molecule has 4 rings (SSSR count). The minimum Gasteiger partial charge on any atom is -0.265 e. The molecule has 2 heterocycles. The molecule has 0 N–H and O–H groups in total. The molecule has 0 unspecified atom stereocenters. The van der Waals surface area contributed by atoms with E-state index in [9.17, 15) is 0 Å². The molecule has 0 saturated heterocycles. The maximum Gasteiger partial charge on any atom is 0.0780 e. The third kappa shape index (κ3) is 2.93. The van der Waals surface area contributed by atoms with Crippen molar-refractivity contribution in [1.82, 2.24) is 9.97 Å². The highest BCUT2D eigenvalue weighted by Crippen LogP contribution is 2.29. The van der Waals surface area contributed by atoms with Crippen LogP contribution in [0, 0.1) is 6.42 Å². The second-order valence-electron chi connectivity index (χ2n) is 5.75. The van der Waals surface area contributed by atoms with Crippen molar-refractivity contribution in [3.8, 4) is 0 Å². The molecular weight excluding hydrogens is 280 g/mol. The van der Waals surface area contributed by atoms with Crippen LogP contribution >= 0.6 is 0 Å². The third-order valence-corrected chi connectivity index (χ3v) is 4.10. The lowest BCUT2D eigenvalue weighted by molar-refractivity contribution is 1.16. The maximum atomic E-state index is 4.61. The Morgan fingerprint density at radius 1 is 0.957 bits per heavy atom. The van der Waals surface area contributed by atoms with Gasteiger partial charge in [0.05, 0.1) is 5.52 Å². The van der Waals surface area contributed by atoms with Crippen LogP contribution in [0.2, 0.25) is 0 Å². The molecule has 1 aliphatic rings. The molecule has 0 spiro atoms. The van der Waals surface area contributed by atoms with E-state index in [4.69, 9.17) is 0 Å². The van der Waals surface area contributed by atoms with Gasteiger partial charge in [-0.15, -0.1) is 0 Å². The molecule has 23 heavy (non-hydrogen) atoms. The quantitative estimate of drug-likeness (QED) is 0.696. The highest BCUT2D eigenvalue weighted by molar-refractivity contribution is 5.94. The van der Waals surface area contributed by atoms with Crippen molar-refractivity contribution in [2.24, 2.45) is 0 Å². The normalized spacial score (nSPS) is 14.0. The molecule has 1 radical (unpaired) electrons. The zero-order valence-corrected chi connectivity index (χ0v) is 12.8. The molecule has 0 bridgehead atoms. The first-order chi connectivity index (χ1) is 11.4. The van der Waals surface area contributed by atoms with Gasteiger partial charge in [0.2, 0.25) is 0 Å². The molecular formula is C21H17N2. The van der Waals surface area contributed by atoms with Crippen LogP contribution in [0.1, 0.15) is 23.1 Å². The van der Waals surface area contributed by atoms with Gasteiger partial charge in [0.25, 0.3) is 0 Å². The van der Waals surface area contributed by atoms with Gasteiger partial charge in [-0.1, -0.05) is 24.3 Å². The third-order valence-electron chi connectivity index (χ3n) is 4.10. The van der Waals surface area contributed by atoms with E-state index < -0.39 is 0 Å². The van der Waals surface area contributed by atoms with Crippen molar-refractivity contribution >= 4 is 16.5 Å². The summed E-state index contributed by atoms with van der Waals surface area (Å²) < 4.78 is 0. The smallest absolute Gasteiger partial charge is 0.0780 e. The average molecular weight is 297 g/mol. The Kier molecular flexibility index (Phi) is 3.73. The minimum atomic E-state index is 0.904. The van der Waals surface area contributed by atoms with Crippen LogP contribution in [0.25, 0.3) is 16.5 Å². The van der Waals surface area contributed by atoms with E-state index in [1.54, 1.807) is 0 Å². The summed E-state index contributed by atoms with van der Waals surface area (Å²) >= 11 is 0. The molecule has 2 aromatic heterocycles. The lowest BCUT2D eigenvalue weighted by Gasteiger charge is -2.13. The van der Waals surface area contributed by atoms with Gasteiger partial charge in [0, 0.05) is 29.5 Å². The Hall–Kier alpha value is -2.74. The molecule has 2 heteroatoms. The summed E-state index contributed by atoms with van der Waals surface area (Å²) in [6.07, 6.45) is 16.2. The van der Waals surface area contributed by atoms with Gasteiger partial charge in [0.15, 0.2) is 0 Å². The number of pyridine rings is 2. The fraction of sp³-hybridized carbons (Fsp3) is 0.0952. The molecule has 2 nitrogen and oxygen atoms in total. The predicted octanol–water partition coefficient (Wildman–Crippen LogP) is 4.77. The summed E-state index contributed by atoms with van der Waals surface area (Å²) in [5.41, 5.74) is 6.08. The van der Waals surface area contributed by atoms with E-state index in [0.717, 1.165) is 18.4 Å². The SMILES string of the molecule is [CH]1C=C(c2cc(Cc3ccncc3)cc3cccnc23)C=CC1. The maximum absolute atomic E-state index is 4.61. The standard InChI is InChI=1S/C21H17N2/c1-2-5-18(6-3-1)20-15-17(13-16-8-11-22-12-9-16)14-19-7-4-10-23-21(19)20/h2-12,14-15H,1,13H2. The van der Waals surface area contributed by atoms with Crippen molar-refractivity contribution in [2.75, 3.05) is 0 Å². The predicted molar refractivity (Wildman–Crippen MR) is 94.8 cm³/mol. The Morgan fingerprint density at radius 3 is 2.70 bits per heavy atom. The van der Waals surface area contributed by atoms with Gasteiger partial charge in [-0.3, -0.25) is 9.97 Å². The van der Waals surface area contributed by atoms with Gasteiger partial charge >= 0.3 is 0 Å². The lowest BCUT2D eigenvalue weighted by Crippen LogP contribution is -1.95. The number of fused-ring (bicyclic) bond motifs is 1. The molecule has 0 fully saturated rings. The molecule has 1 aromatic carbocycles. The second kappa shape index (κ2) is 6.17. The molecule has 111 valence electrons. The number of hydrogen-bond donors (Lipinski definition) is 0. The average Bonchev–Trinajstić information content (AvgIpc) is 2.63. The topological polar surface area (TPSA) is 25.8 Å². The van der Waals surface area contributed by atoms with Crippen molar-refractivity contribution in [2.45, 2.75) is 12.8 Å². The van der Waals surface area contributed by atoms with Crippen molar-refractivity contribution < 1.29 is 0 Å². The summed E-state index contributed by atoms with van der Waals surface area (Å²) in [5, 5.41) is 1.19. The summed E-state index contributed by atoms with van der Waals surface area (Å²) in [7, 11) is 0. The number of allylic oxidation sites excluding steroid dienone is 4. The number of aromatic nitrogens is 2. The van der Waals surface area contributed by atoms with Crippen LogP contribution in [0.3, 0.4) is 0 Å². The van der Waals surface area contributed by atoms with E-state index in [1.807, 2.05) is 24.7 Å². The molecule has 3 aromatic rings. The minimum absolute atomic E-state index is 0.904. The fourth-order valence-electron chi connectivity index (χ4n) is 3.02. The van der Waals surface area contributed by atoms with E-state index >= 15 is 0 Å². The second-order valence-corrected chi connectivity index (χ2v) is 5.75. The number of nitrogens with zero attached hydrogens (tertiary/aromatic N) is 2. The zero-order chi connectivity index (χ0) is 15.5. The van der Waals surface area contributed by atoms with Crippen molar-refractivity contribution in [3.63, 3.8) is 0 Å². The van der Waals surface area contributed by atoms with Crippen molar-refractivity contribution in [3.05, 3.63) is 96.3 Å². The highest BCUT2D eigenvalue weighted by Gasteiger charge is 2.10. The van der Waals surface area contributed by atoms with E-state index in [2.05, 4.69) is 64.9 Å². The first-order valence-corrected chi connectivity index (χ1v) is 7.87. The van der Waals surface area contributed by atoms with Crippen LogP contribution in [-0.2, 0) is 6.42 Å². The molecule has 0 atom stereocenters. The summed E-state index contributed by atoms with van der Waals surface area (Å²) in [4.78, 5) is 8.70. The highest BCUT2D eigenvalue weighted by atomic mass is 14.6. The summed E-state index contributed by atoms with van der Waals surface area (Å²) in [6.45, 7) is 0. The number of hydrogen-bond acceptors (Lipinski definition) is 2. The van der Waals surface area contributed by atoms with Crippen LogP contribution in [-0.4, -0.2) is 9.97 Å². The number of benzene rings is 1. The summed E-state index contributed by atoms with van der Waals surface area (Å²) in [5.74, 6) is 0. The van der Waals surface area contributed by atoms with Gasteiger partial charge in [-0.25, -0.2) is 0 Å². The first kappa shape index (κ1) is 13.9. The molecule has 1 aliphatic carbocycles. The van der Waals surface area contributed by atoms with Crippen LogP contribution < -0.4 is 0 Å². The number of rotatable bonds is 3. The Bertz CT molecular complexity index is 892. The van der Waals surface area contributed by atoms with Crippen molar-refractivity contribution in [1.29, 1.82) is 0 Å². The molecule has 0 aliphatic heterocycles. The van der Waals surface area contributed by atoms with Gasteiger partial charge in [-0.05, 0) is 66.3 Å². The van der Waals surface area contributed by atoms with Crippen LogP contribution in [0.15, 0.2) is 73.2 Å². The monoisotopic (exact) mass is 297 g/mol. The summed E-state index contributed by atoms with van der Waals surface area (Å²) in [6, 6.07) is 12.8. The van der Waals surface area contributed by atoms with E-state index in [-0.39, 0.29) is 0 Å². The largest absolute Gasteiger partial charge is 0.265 e. The Balaban J connectivity index is 1.83. The zero-order valence-electron chi connectivity index (χ0n) is 12.8. The molecule has 0 saturated carbocycles.